The SMILES string of the molecule is O=S(=O)(Cc1cccc(C(F)(F)F)c1)N1CCCC(c2nc3ccccc3o2)C1. The number of rotatable bonds is 4. The lowest BCUT2D eigenvalue weighted by atomic mass is 10.00. The van der Waals surface area contributed by atoms with E-state index in [1.165, 1.54) is 16.4 Å². The molecule has 0 radical (unpaired) electrons. The molecule has 4 rings (SSSR count). The molecule has 154 valence electrons. The van der Waals surface area contributed by atoms with E-state index in [0.29, 0.717) is 30.0 Å². The number of hydrogen-bond acceptors (Lipinski definition) is 4. The minimum Gasteiger partial charge on any atom is -0.440 e. The van der Waals surface area contributed by atoms with Crippen LogP contribution < -0.4 is 0 Å². The second kappa shape index (κ2) is 7.46. The smallest absolute Gasteiger partial charge is 0.416 e. The number of hydrogen-bond donors (Lipinski definition) is 0. The number of sulfonamides is 1. The summed E-state index contributed by atoms with van der Waals surface area (Å²) in [6.45, 7) is 0.534. The number of piperidine rings is 1. The molecule has 9 heteroatoms. The highest BCUT2D eigenvalue weighted by molar-refractivity contribution is 7.88. The van der Waals surface area contributed by atoms with Crippen molar-refractivity contribution in [3.05, 3.63) is 65.5 Å². The van der Waals surface area contributed by atoms with Gasteiger partial charge in [-0.2, -0.15) is 13.2 Å². The molecule has 1 saturated heterocycles. The molecular formula is C20H19F3N2O3S. The molecule has 0 amide bonds. The first kappa shape index (κ1) is 19.9. The zero-order chi connectivity index (χ0) is 20.6. The maximum Gasteiger partial charge on any atom is 0.416 e. The van der Waals surface area contributed by atoms with Crippen molar-refractivity contribution in [1.29, 1.82) is 0 Å². The molecule has 2 heterocycles. The molecule has 1 atom stereocenters. The van der Waals surface area contributed by atoms with Crippen molar-refractivity contribution in [2.45, 2.75) is 30.7 Å². The second-order valence-corrected chi connectivity index (χ2v) is 9.14. The fourth-order valence-electron chi connectivity index (χ4n) is 3.60. The topological polar surface area (TPSA) is 63.4 Å². The summed E-state index contributed by atoms with van der Waals surface area (Å²) in [6.07, 6.45) is -3.14. The van der Waals surface area contributed by atoms with E-state index >= 15 is 0 Å². The van der Waals surface area contributed by atoms with Crippen LogP contribution in [0.3, 0.4) is 0 Å². The quantitative estimate of drug-likeness (QED) is 0.616. The van der Waals surface area contributed by atoms with Gasteiger partial charge in [-0.3, -0.25) is 0 Å². The minimum absolute atomic E-state index is 0.115. The van der Waals surface area contributed by atoms with Gasteiger partial charge in [-0.05, 0) is 36.6 Å². The van der Waals surface area contributed by atoms with Gasteiger partial charge in [0.1, 0.15) is 5.52 Å². The van der Waals surface area contributed by atoms with Gasteiger partial charge >= 0.3 is 6.18 Å². The Bertz CT molecular complexity index is 1090. The van der Waals surface area contributed by atoms with Crippen LogP contribution in [0.15, 0.2) is 52.9 Å². The highest BCUT2D eigenvalue weighted by Crippen LogP contribution is 2.32. The standard InChI is InChI=1S/C20H19F3N2O3S/c21-20(22,23)16-7-3-5-14(11-16)13-29(26,27)25-10-4-6-15(12-25)19-24-17-8-1-2-9-18(17)28-19/h1-3,5,7-9,11,15H,4,6,10,12-13H2. The molecule has 0 N–H and O–H groups in total. The van der Waals surface area contributed by atoms with Crippen LogP contribution in [0.2, 0.25) is 0 Å². The first-order valence-electron chi connectivity index (χ1n) is 9.22. The lowest BCUT2D eigenvalue weighted by Gasteiger charge is -2.30. The molecule has 1 unspecified atom stereocenters. The second-order valence-electron chi connectivity index (χ2n) is 7.17. The van der Waals surface area contributed by atoms with E-state index in [1.807, 2.05) is 18.2 Å². The molecule has 0 saturated carbocycles. The number of halogens is 3. The summed E-state index contributed by atoms with van der Waals surface area (Å²) in [5, 5.41) is 0. The van der Waals surface area contributed by atoms with Crippen LogP contribution in [0.25, 0.3) is 11.1 Å². The Morgan fingerprint density at radius 2 is 1.93 bits per heavy atom. The van der Waals surface area contributed by atoms with Gasteiger partial charge in [0.25, 0.3) is 0 Å². The van der Waals surface area contributed by atoms with E-state index in [2.05, 4.69) is 4.98 Å². The van der Waals surface area contributed by atoms with Crippen LogP contribution in [-0.4, -0.2) is 30.8 Å². The molecular weight excluding hydrogens is 405 g/mol. The van der Waals surface area contributed by atoms with Gasteiger partial charge < -0.3 is 4.42 Å². The Balaban J connectivity index is 1.52. The van der Waals surface area contributed by atoms with Crippen molar-refractivity contribution < 1.29 is 26.0 Å². The monoisotopic (exact) mass is 424 g/mol. The fourth-order valence-corrected chi connectivity index (χ4v) is 5.20. The molecule has 29 heavy (non-hydrogen) atoms. The number of nitrogens with zero attached hydrogens (tertiary/aromatic N) is 2. The summed E-state index contributed by atoms with van der Waals surface area (Å²) in [5.74, 6) is -0.172. The molecule has 3 aromatic rings. The van der Waals surface area contributed by atoms with Crippen molar-refractivity contribution in [2.24, 2.45) is 0 Å². The minimum atomic E-state index is -4.51. The van der Waals surface area contributed by atoms with E-state index in [0.717, 1.165) is 18.6 Å². The summed E-state index contributed by atoms with van der Waals surface area (Å²) in [5.41, 5.74) is 0.620. The van der Waals surface area contributed by atoms with Crippen LogP contribution in [0.4, 0.5) is 13.2 Å². The third-order valence-electron chi connectivity index (χ3n) is 5.04. The normalized spacial score (nSPS) is 18.9. The van der Waals surface area contributed by atoms with E-state index in [-0.39, 0.29) is 18.0 Å². The zero-order valence-corrected chi connectivity index (χ0v) is 16.2. The maximum absolute atomic E-state index is 12.9. The lowest BCUT2D eigenvalue weighted by molar-refractivity contribution is -0.137. The molecule has 0 spiro atoms. The van der Waals surface area contributed by atoms with Gasteiger partial charge in [0, 0.05) is 19.0 Å². The molecule has 0 aliphatic carbocycles. The van der Waals surface area contributed by atoms with Gasteiger partial charge in [-0.1, -0.05) is 30.3 Å². The third-order valence-corrected chi connectivity index (χ3v) is 6.86. The van der Waals surface area contributed by atoms with Crippen molar-refractivity contribution in [3.8, 4) is 0 Å². The average molecular weight is 424 g/mol. The predicted octanol–water partition coefficient (Wildman–Crippen LogP) is 4.56. The predicted molar refractivity (Wildman–Crippen MR) is 102 cm³/mol. The highest BCUT2D eigenvalue weighted by atomic mass is 32.2. The number of fused-ring (bicyclic) bond motifs is 1. The summed E-state index contributed by atoms with van der Waals surface area (Å²) >= 11 is 0. The Labute approximate surface area is 166 Å². The highest BCUT2D eigenvalue weighted by Gasteiger charge is 2.34. The van der Waals surface area contributed by atoms with Crippen molar-refractivity contribution >= 4 is 21.1 Å². The largest absolute Gasteiger partial charge is 0.440 e. The average Bonchev–Trinajstić information content (AvgIpc) is 3.12. The van der Waals surface area contributed by atoms with Crippen LogP contribution in [0.1, 0.15) is 35.8 Å². The summed E-state index contributed by atoms with van der Waals surface area (Å²) in [6, 6.07) is 11.8. The van der Waals surface area contributed by atoms with Gasteiger partial charge in [0.05, 0.1) is 11.3 Å². The number of oxazole rings is 1. The summed E-state index contributed by atoms with van der Waals surface area (Å²) < 4.78 is 71.5. The number of aromatic nitrogens is 1. The Hall–Kier alpha value is -2.39. The molecule has 1 aromatic heterocycles. The van der Waals surface area contributed by atoms with Gasteiger partial charge in [0.15, 0.2) is 11.5 Å². The lowest BCUT2D eigenvalue weighted by Crippen LogP contribution is -2.39. The van der Waals surface area contributed by atoms with Crippen LogP contribution in [-0.2, 0) is 22.0 Å². The van der Waals surface area contributed by atoms with Crippen LogP contribution in [0, 0.1) is 0 Å². The molecule has 1 aliphatic heterocycles. The van der Waals surface area contributed by atoms with Crippen molar-refractivity contribution in [3.63, 3.8) is 0 Å². The van der Waals surface area contributed by atoms with E-state index in [4.69, 9.17) is 4.42 Å². The number of alkyl halides is 3. The molecule has 5 nitrogen and oxygen atoms in total. The van der Waals surface area contributed by atoms with Crippen LogP contribution in [0.5, 0.6) is 0 Å². The van der Waals surface area contributed by atoms with Crippen molar-refractivity contribution in [1.82, 2.24) is 9.29 Å². The van der Waals surface area contributed by atoms with Crippen molar-refractivity contribution in [2.75, 3.05) is 13.1 Å². The fraction of sp³-hybridized carbons (Fsp3) is 0.350. The van der Waals surface area contributed by atoms with Gasteiger partial charge in [-0.25, -0.2) is 17.7 Å². The third kappa shape index (κ3) is 4.30. The number of benzene rings is 2. The molecule has 1 fully saturated rings. The Morgan fingerprint density at radius 3 is 2.69 bits per heavy atom. The van der Waals surface area contributed by atoms with E-state index in [1.54, 1.807) is 6.07 Å². The Kier molecular flexibility index (Phi) is 5.12. The van der Waals surface area contributed by atoms with Gasteiger partial charge in [0.2, 0.25) is 10.0 Å². The molecule has 1 aliphatic rings. The molecule has 0 bridgehead atoms. The first-order chi connectivity index (χ1) is 13.7. The van der Waals surface area contributed by atoms with E-state index < -0.39 is 27.5 Å². The maximum atomic E-state index is 12.9. The number of para-hydroxylation sites is 2. The summed E-state index contributed by atoms with van der Waals surface area (Å²) in [4.78, 5) is 4.46. The zero-order valence-electron chi connectivity index (χ0n) is 15.4. The first-order valence-corrected chi connectivity index (χ1v) is 10.8. The Morgan fingerprint density at radius 1 is 1.14 bits per heavy atom. The van der Waals surface area contributed by atoms with Gasteiger partial charge in [-0.15, -0.1) is 0 Å². The molecule has 2 aromatic carbocycles. The summed E-state index contributed by atoms with van der Waals surface area (Å²) in [7, 11) is -3.77. The van der Waals surface area contributed by atoms with Crippen LogP contribution >= 0.6 is 0 Å². The van der Waals surface area contributed by atoms with E-state index in [9.17, 15) is 21.6 Å².